The largest absolute Gasteiger partial charge is 0.455 e. The fraction of sp³-hybridized carbons (Fsp3) is 0.600. The van der Waals surface area contributed by atoms with Crippen LogP contribution in [0.15, 0.2) is 12.5 Å². The molecule has 6 nitrogen and oxygen atoms in total. The Morgan fingerprint density at radius 3 is 3.06 bits per heavy atom. The molecule has 1 atom stereocenters. The number of carbonyl (C=O) groups is 1. The molecule has 1 unspecified atom stereocenters. The van der Waals surface area contributed by atoms with Gasteiger partial charge in [-0.25, -0.2) is 9.78 Å². The first-order valence-corrected chi connectivity index (χ1v) is 5.09. The average molecular weight is 227 g/mol. The number of rotatable bonds is 6. The van der Waals surface area contributed by atoms with E-state index in [-0.39, 0.29) is 11.8 Å². The molecule has 0 spiro atoms. The quantitative estimate of drug-likeness (QED) is 0.694. The number of ether oxygens (including phenoxy) is 2. The second-order valence-electron chi connectivity index (χ2n) is 3.46. The van der Waals surface area contributed by atoms with Crippen LogP contribution in [-0.4, -0.2) is 41.9 Å². The lowest BCUT2D eigenvalue weighted by Gasteiger charge is -2.10. The summed E-state index contributed by atoms with van der Waals surface area (Å²) in [6.45, 7) is 3.27. The van der Waals surface area contributed by atoms with Crippen LogP contribution >= 0.6 is 0 Å². The van der Waals surface area contributed by atoms with Crippen molar-refractivity contribution < 1.29 is 14.3 Å². The van der Waals surface area contributed by atoms with Gasteiger partial charge in [-0.3, -0.25) is 0 Å². The number of imidazole rings is 1. The smallest absolute Gasteiger partial charge is 0.358 e. The zero-order chi connectivity index (χ0) is 12.0. The molecule has 0 aliphatic heterocycles. The van der Waals surface area contributed by atoms with E-state index in [9.17, 15) is 4.79 Å². The molecule has 16 heavy (non-hydrogen) atoms. The first-order valence-electron chi connectivity index (χ1n) is 5.09. The van der Waals surface area contributed by atoms with E-state index < -0.39 is 5.97 Å². The van der Waals surface area contributed by atoms with Gasteiger partial charge in [0.1, 0.15) is 6.10 Å². The van der Waals surface area contributed by atoms with Gasteiger partial charge >= 0.3 is 5.97 Å². The minimum absolute atomic E-state index is 0.280. The zero-order valence-corrected chi connectivity index (χ0v) is 9.55. The van der Waals surface area contributed by atoms with Crippen molar-refractivity contribution in [1.29, 1.82) is 0 Å². The second kappa shape index (κ2) is 6.24. The molecule has 0 saturated heterocycles. The molecular weight excluding hydrogens is 210 g/mol. The van der Waals surface area contributed by atoms with Crippen molar-refractivity contribution in [2.24, 2.45) is 5.73 Å². The maximum Gasteiger partial charge on any atom is 0.358 e. The standard InChI is InChI=1S/C10H17N3O3/c1-8(6-15-2)16-10(14)9-5-13(4-3-11)7-12-9/h5,7-8H,3-4,6,11H2,1-2H3. The Bertz CT molecular complexity index is 338. The highest BCUT2D eigenvalue weighted by atomic mass is 16.6. The van der Waals surface area contributed by atoms with Gasteiger partial charge in [0.15, 0.2) is 5.69 Å². The molecular formula is C10H17N3O3. The fourth-order valence-corrected chi connectivity index (χ4v) is 1.25. The van der Waals surface area contributed by atoms with Crippen molar-refractivity contribution in [3.63, 3.8) is 0 Å². The van der Waals surface area contributed by atoms with Crippen LogP contribution in [0.25, 0.3) is 0 Å². The zero-order valence-electron chi connectivity index (χ0n) is 9.55. The molecule has 1 rings (SSSR count). The van der Waals surface area contributed by atoms with Crippen LogP contribution < -0.4 is 5.73 Å². The van der Waals surface area contributed by atoms with Crippen molar-refractivity contribution in [2.75, 3.05) is 20.3 Å². The highest BCUT2D eigenvalue weighted by Gasteiger charge is 2.14. The van der Waals surface area contributed by atoms with Gasteiger partial charge in [0.05, 0.1) is 12.9 Å². The maximum absolute atomic E-state index is 11.6. The number of esters is 1. The summed E-state index contributed by atoms with van der Waals surface area (Å²) < 4.78 is 11.7. The van der Waals surface area contributed by atoms with E-state index in [2.05, 4.69) is 4.98 Å². The predicted octanol–water partition coefficient (Wildman–Crippen LogP) is 0.0335. The third kappa shape index (κ3) is 3.63. The van der Waals surface area contributed by atoms with E-state index in [4.69, 9.17) is 15.2 Å². The molecule has 0 saturated carbocycles. The molecule has 1 aromatic heterocycles. The van der Waals surface area contributed by atoms with Crippen LogP contribution in [-0.2, 0) is 16.0 Å². The first kappa shape index (κ1) is 12.7. The summed E-state index contributed by atoms with van der Waals surface area (Å²) in [6.07, 6.45) is 2.90. The third-order valence-corrected chi connectivity index (χ3v) is 1.94. The van der Waals surface area contributed by atoms with Crippen molar-refractivity contribution in [3.05, 3.63) is 18.2 Å². The van der Waals surface area contributed by atoms with Gasteiger partial charge < -0.3 is 19.8 Å². The molecule has 1 aromatic rings. The summed E-state index contributed by atoms with van der Waals surface area (Å²) in [7, 11) is 1.56. The number of methoxy groups -OCH3 is 1. The molecule has 90 valence electrons. The highest BCUT2D eigenvalue weighted by molar-refractivity contribution is 5.87. The van der Waals surface area contributed by atoms with Crippen LogP contribution in [0.4, 0.5) is 0 Å². The number of hydrogen-bond donors (Lipinski definition) is 1. The van der Waals surface area contributed by atoms with Gasteiger partial charge in [-0.15, -0.1) is 0 Å². The Morgan fingerprint density at radius 2 is 2.44 bits per heavy atom. The van der Waals surface area contributed by atoms with Crippen LogP contribution in [0.1, 0.15) is 17.4 Å². The Hall–Kier alpha value is -1.40. The third-order valence-electron chi connectivity index (χ3n) is 1.94. The monoisotopic (exact) mass is 227 g/mol. The molecule has 0 aliphatic carbocycles. The van der Waals surface area contributed by atoms with E-state index in [1.807, 2.05) is 0 Å². The van der Waals surface area contributed by atoms with Crippen molar-refractivity contribution in [1.82, 2.24) is 9.55 Å². The molecule has 0 fully saturated rings. The molecule has 0 radical (unpaired) electrons. The van der Waals surface area contributed by atoms with Crippen LogP contribution in [0.2, 0.25) is 0 Å². The summed E-state index contributed by atoms with van der Waals surface area (Å²) in [6, 6.07) is 0. The number of nitrogens with zero attached hydrogens (tertiary/aromatic N) is 2. The van der Waals surface area contributed by atoms with Crippen LogP contribution in [0.3, 0.4) is 0 Å². The molecule has 2 N–H and O–H groups in total. The number of nitrogens with two attached hydrogens (primary N) is 1. The van der Waals surface area contributed by atoms with E-state index in [1.54, 1.807) is 31.1 Å². The normalized spacial score (nSPS) is 12.4. The fourth-order valence-electron chi connectivity index (χ4n) is 1.25. The highest BCUT2D eigenvalue weighted by Crippen LogP contribution is 2.02. The van der Waals surface area contributed by atoms with Crippen molar-refractivity contribution >= 4 is 5.97 Å². The predicted molar refractivity (Wildman–Crippen MR) is 58.0 cm³/mol. The van der Waals surface area contributed by atoms with Gasteiger partial charge in [0, 0.05) is 26.4 Å². The molecule has 0 aliphatic rings. The Labute approximate surface area is 94.4 Å². The Balaban J connectivity index is 2.52. The maximum atomic E-state index is 11.6. The van der Waals surface area contributed by atoms with E-state index in [0.29, 0.717) is 19.7 Å². The Morgan fingerprint density at radius 1 is 1.69 bits per heavy atom. The molecule has 6 heteroatoms. The van der Waals surface area contributed by atoms with Crippen LogP contribution in [0.5, 0.6) is 0 Å². The van der Waals surface area contributed by atoms with Gasteiger partial charge in [-0.2, -0.15) is 0 Å². The number of carbonyl (C=O) groups excluding carboxylic acids is 1. The number of aromatic nitrogens is 2. The van der Waals surface area contributed by atoms with E-state index >= 15 is 0 Å². The SMILES string of the molecule is COCC(C)OC(=O)c1cn(CCN)cn1. The average Bonchev–Trinajstić information content (AvgIpc) is 2.67. The second-order valence-corrected chi connectivity index (χ2v) is 3.46. The summed E-state index contributed by atoms with van der Waals surface area (Å²) in [5, 5.41) is 0. The van der Waals surface area contributed by atoms with Crippen LogP contribution in [0, 0.1) is 0 Å². The Kier molecular flexibility index (Phi) is 4.94. The van der Waals surface area contributed by atoms with Crippen molar-refractivity contribution in [2.45, 2.75) is 19.6 Å². The first-order chi connectivity index (χ1) is 7.67. The summed E-state index contributed by atoms with van der Waals surface area (Å²) >= 11 is 0. The lowest BCUT2D eigenvalue weighted by Crippen LogP contribution is -2.19. The van der Waals surface area contributed by atoms with Gasteiger partial charge in [-0.05, 0) is 6.92 Å². The summed E-state index contributed by atoms with van der Waals surface area (Å²) in [5.74, 6) is -0.444. The lowest BCUT2D eigenvalue weighted by molar-refractivity contribution is 0.0115. The molecule has 0 amide bonds. The van der Waals surface area contributed by atoms with Gasteiger partial charge in [0.2, 0.25) is 0 Å². The summed E-state index contributed by atoms with van der Waals surface area (Å²) in [4.78, 5) is 15.5. The molecule has 0 bridgehead atoms. The van der Waals surface area contributed by atoms with Gasteiger partial charge in [0.25, 0.3) is 0 Å². The van der Waals surface area contributed by atoms with E-state index in [0.717, 1.165) is 0 Å². The van der Waals surface area contributed by atoms with Crippen molar-refractivity contribution in [3.8, 4) is 0 Å². The minimum atomic E-state index is -0.444. The number of hydrogen-bond acceptors (Lipinski definition) is 5. The topological polar surface area (TPSA) is 79.4 Å². The molecule has 0 aromatic carbocycles. The lowest BCUT2D eigenvalue weighted by atomic mass is 10.4. The minimum Gasteiger partial charge on any atom is -0.455 e. The van der Waals surface area contributed by atoms with Gasteiger partial charge in [-0.1, -0.05) is 0 Å². The van der Waals surface area contributed by atoms with E-state index in [1.165, 1.54) is 0 Å². The summed E-state index contributed by atoms with van der Waals surface area (Å²) in [5.41, 5.74) is 5.67. The molecule has 1 heterocycles.